The molecule has 3 heteroatoms. The predicted molar refractivity (Wildman–Crippen MR) is 66.6 cm³/mol. The average molecular weight is 240 g/mol. The molecule has 2 bridgehead atoms. The van der Waals surface area contributed by atoms with Gasteiger partial charge >= 0.3 is 0 Å². The van der Waals surface area contributed by atoms with Gasteiger partial charge in [0, 0.05) is 12.3 Å². The van der Waals surface area contributed by atoms with Crippen molar-refractivity contribution in [3.8, 4) is 0 Å². The van der Waals surface area contributed by atoms with E-state index in [2.05, 4.69) is 6.92 Å². The van der Waals surface area contributed by atoms with Crippen LogP contribution in [0, 0.1) is 11.8 Å². The highest BCUT2D eigenvalue weighted by Crippen LogP contribution is 2.46. The lowest BCUT2D eigenvalue weighted by atomic mass is 9.80. The summed E-state index contributed by atoms with van der Waals surface area (Å²) in [6, 6.07) is 0.706. The summed E-state index contributed by atoms with van der Waals surface area (Å²) in [7, 11) is 0. The van der Waals surface area contributed by atoms with Gasteiger partial charge in [-0.2, -0.15) is 0 Å². The first kappa shape index (κ1) is 11.9. The fourth-order valence-electron chi connectivity index (χ4n) is 4.70. The minimum Gasteiger partial charge on any atom is -0.392 e. The number of aliphatic hydroxyl groups excluding tert-OH is 1. The predicted octanol–water partition coefficient (Wildman–Crippen LogP) is 1.40. The van der Waals surface area contributed by atoms with Crippen LogP contribution in [-0.4, -0.2) is 54.6 Å². The van der Waals surface area contributed by atoms with Crippen LogP contribution in [0.25, 0.3) is 0 Å². The molecule has 0 aromatic rings. The molecule has 0 radical (unpaired) electrons. The number of morpholine rings is 1. The van der Waals surface area contributed by atoms with Crippen molar-refractivity contribution in [2.24, 2.45) is 11.8 Å². The van der Waals surface area contributed by atoms with Crippen LogP contribution in [0.4, 0.5) is 0 Å². The van der Waals surface area contributed by atoms with Crippen molar-refractivity contribution >= 4 is 0 Å². The number of likely N-dealkylation sites (N-methyl/N-ethyl adjacent to an activating group) is 1. The normalized spacial score (nSPS) is 44.8. The minimum absolute atomic E-state index is 0.00172. The van der Waals surface area contributed by atoms with E-state index in [1.165, 1.54) is 36.7 Å². The van der Waals surface area contributed by atoms with Gasteiger partial charge in [-0.3, -0.25) is 0 Å². The number of hydrogen-bond acceptors (Lipinski definition) is 2. The van der Waals surface area contributed by atoms with Crippen molar-refractivity contribution in [3.63, 3.8) is 0 Å². The maximum atomic E-state index is 10.4. The van der Waals surface area contributed by atoms with Gasteiger partial charge in [-0.05, 0) is 32.1 Å². The van der Waals surface area contributed by atoms with Crippen molar-refractivity contribution in [1.82, 2.24) is 0 Å². The molecule has 3 rings (SSSR count). The maximum Gasteiger partial charge on any atom is 0.103 e. The molecular formula is C14H26NO2+. The zero-order valence-corrected chi connectivity index (χ0v) is 11.0. The van der Waals surface area contributed by atoms with E-state index in [0.29, 0.717) is 17.9 Å². The number of nitrogens with zero attached hydrogens (tertiary/aromatic N) is 1. The summed E-state index contributed by atoms with van der Waals surface area (Å²) in [4.78, 5) is 0. The molecule has 17 heavy (non-hydrogen) atoms. The second kappa shape index (κ2) is 4.52. The van der Waals surface area contributed by atoms with Gasteiger partial charge in [-0.25, -0.2) is 0 Å². The van der Waals surface area contributed by atoms with Crippen LogP contribution >= 0.6 is 0 Å². The lowest BCUT2D eigenvalue weighted by Crippen LogP contribution is -2.64. The van der Waals surface area contributed by atoms with Gasteiger partial charge in [0.15, 0.2) is 0 Å². The van der Waals surface area contributed by atoms with E-state index in [1.54, 1.807) is 0 Å². The first-order chi connectivity index (χ1) is 8.27. The molecule has 0 amide bonds. The van der Waals surface area contributed by atoms with Crippen LogP contribution in [0.15, 0.2) is 0 Å². The van der Waals surface area contributed by atoms with Gasteiger partial charge in [-0.15, -0.1) is 0 Å². The zero-order valence-electron chi connectivity index (χ0n) is 11.0. The quantitative estimate of drug-likeness (QED) is 0.739. The van der Waals surface area contributed by atoms with Gasteiger partial charge in [0.1, 0.15) is 13.1 Å². The lowest BCUT2D eigenvalue weighted by molar-refractivity contribution is -0.961. The van der Waals surface area contributed by atoms with Crippen LogP contribution in [0.3, 0.4) is 0 Å². The van der Waals surface area contributed by atoms with Crippen LogP contribution in [0.2, 0.25) is 0 Å². The number of aliphatic hydroxyl groups is 1. The Labute approximate surface area is 104 Å². The first-order valence-corrected chi connectivity index (χ1v) is 7.38. The fraction of sp³-hybridized carbons (Fsp3) is 1.00. The van der Waals surface area contributed by atoms with E-state index in [9.17, 15) is 5.11 Å². The summed E-state index contributed by atoms with van der Waals surface area (Å²) in [6.45, 7) is 7.68. The van der Waals surface area contributed by atoms with Crippen molar-refractivity contribution in [1.29, 1.82) is 0 Å². The Hall–Kier alpha value is -0.120. The maximum absolute atomic E-state index is 10.4. The number of fused-ring (bicyclic) bond motifs is 2. The highest BCUT2D eigenvalue weighted by molar-refractivity contribution is 4.94. The van der Waals surface area contributed by atoms with Gasteiger partial charge in [-0.1, -0.05) is 0 Å². The first-order valence-electron chi connectivity index (χ1n) is 7.38. The van der Waals surface area contributed by atoms with Crippen LogP contribution in [0.1, 0.15) is 32.6 Å². The standard InChI is InChI=1S/C14H26NO2/c1-2-15(7-9-17-10-8-15)13-6-4-11-3-5-12(13)14(11)16/h11-14,16H,2-10H2,1H3/q+1/t11-,12+,13+,14-/m1/s1. The van der Waals surface area contributed by atoms with E-state index in [1.807, 2.05) is 0 Å². The van der Waals surface area contributed by atoms with Gasteiger partial charge in [0.05, 0.1) is 31.9 Å². The molecule has 1 saturated heterocycles. The Morgan fingerprint density at radius 2 is 1.82 bits per heavy atom. The molecule has 98 valence electrons. The second-order valence-electron chi connectivity index (χ2n) is 6.23. The SMILES string of the molecule is CC[N+]1([C@H]2CC[C@H]3CC[C@@H]2[C@@H]3O)CCOCC1. The smallest absolute Gasteiger partial charge is 0.103 e. The number of rotatable bonds is 2. The molecule has 1 aliphatic heterocycles. The molecule has 0 aromatic carbocycles. The van der Waals surface area contributed by atoms with Crippen molar-refractivity contribution in [2.45, 2.75) is 44.8 Å². The lowest BCUT2D eigenvalue weighted by Gasteiger charge is -2.51. The summed E-state index contributed by atoms with van der Waals surface area (Å²) in [6.07, 6.45) is 5.11. The molecule has 1 N–H and O–H groups in total. The molecule has 0 aromatic heterocycles. The van der Waals surface area contributed by atoms with E-state index >= 15 is 0 Å². The Balaban J connectivity index is 1.81. The van der Waals surface area contributed by atoms with Gasteiger partial charge < -0.3 is 14.3 Å². The highest BCUT2D eigenvalue weighted by Gasteiger charge is 2.51. The third-order valence-electron chi connectivity index (χ3n) is 5.82. The van der Waals surface area contributed by atoms with Crippen molar-refractivity contribution < 1.29 is 14.3 Å². The van der Waals surface area contributed by atoms with E-state index in [-0.39, 0.29) is 6.10 Å². The molecule has 0 spiro atoms. The number of ether oxygens (including phenoxy) is 1. The van der Waals surface area contributed by atoms with E-state index in [4.69, 9.17) is 4.74 Å². The Morgan fingerprint density at radius 1 is 1.12 bits per heavy atom. The second-order valence-corrected chi connectivity index (χ2v) is 6.23. The van der Waals surface area contributed by atoms with Crippen LogP contribution < -0.4 is 0 Å². The van der Waals surface area contributed by atoms with Crippen LogP contribution in [-0.2, 0) is 4.74 Å². The molecule has 3 nitrogen and oxygen atoms in total. The van der Waals surface area contributed by atoms with Gasteiger partial charge in [0.2, 0.25) is 0 Å². The Kier molecular flexibility index (Phi) is 3.18. The third kappa shape index (κ3) is 1.83. The Bertz CT molecular complexity index is 275. The minimum atomic E-state index is -0.00172. The summed E-state index contributed by atoms with van der Waals surface area (Å²) < 4.78 is 6.76. The molecule has 3 fully saturated rings. The average Bonchev–Trinajstić information content (AvgIpc) is 2.63. The number of quaternary nitrogens is 1. The number of hydrogen-bond donors (Lipinski definition) is 1. The zero-order chi connectivity index (χ0) is 11.9. The molecular weight excluding hydrogens is 214 g/mol. The molecule has 4 atom stereocenters. The third-order valence-corrected chi connectivity index (χ3v) is 5.82. The topological polar surface area (TPSA) is 29.5 Å². The van der Waals surface area contributed by atoms with Crippen molar-refractivity contribution in [3.05, 3.63) is 0 Å². The molecule has 3 aliphatic rings. The largest absolute Gasteiger partial charge is 0.392 e. The van der Waals surface area contributed by atoms with E-state index < -0.39 is 0 Å². The summed E-state index contributed by atoms with van der Waals surface area (Å²) in [5.74, 6) is 1.20. The van der Waals surface area contributed by atoms with E-state index in [0.717, 1.165) is 26.3 Å². The van der Waals surface area contributed by atoms with Gasteiger partial charge in [0.25, 0.3) is 0 Å². The summed E-state index contributed by atoms with van der Waals surface area (Å²) in [5.41, 5.74) is 0. The van der Waals surface area contributed by atoms with Crippen molar-refractivity contribution in [2.75, 3.05) is 32.8 Å². The summed E-state index contributed by atoms with van der Waals surface area (Å²) in [5, 5.41) is 10.4. The summed E-state index contributed by atoms with van der Waals surface area (Å²) >= 11 is 0. The monoisotopic (exact) mass is 240 g/mol. The van der Waals surface area contributed by atoms with Crippen LogP contribution in [0.5, 0.6) is 0 Å². The highest BCUT2D eigenvalue weighted by atomic mass is 16.5. The fourth-order valence-corrected chi connectivity index (χ4v) is 4.70. The molecule has 2 aliphatic carbocycles. The Morgan fingerprint density at radius 3 is 2.53 bits per heavy atom. The molecule has 0 unspecified atom stereocenters. The molecule has 1 heterocycles. The molecule has 2 saturated carbocycles.